The Morgan fingerprint density at radius 3 is 1.68 bits per heavy atom. The lowest BCUT2D eigenvalue weighted by atomic mass is 9.65. The van der Waals surface area contributed by atoms with Gasteiger partial charge in [-0.05, 0) is 38.1 Å². The molecule has 1 saturated carbocycles. The van der Waals surface area contributed by atoms with E-state index in [4.69, 9.17) is 18.9 Å². The molecule has 2 aromatic rings. The summed E-state index contributed by atoms with van der Waals surface area (Å²) in [6.07, 6.45) is 2.99. The molecule has 0 N–H and O–H groups in total. The molecule has 2 atom stereocenters. The zero-order chi connectivity index (χ0) is 21.8. The van der Waals surface area contributed by atoms with Crippen LogP contribution in [-0.4, -0.2) is 31.2 Å². The Kier molecular flexibility index (Phi) is 4.58. The van der Waals surface area contributed by atoms with Crippen LogP contribution >= 0.6 is 0 Å². The van der Waals surface area contributed by atoms with Crippen LogP contribution in [0.15, 0.2) is 47.5 Å². The Morgan fingerprint density at radius 2 is 1.26 bits per heavy atom. The molecule has 0 radical (unpaired) electrons. The molecular formula is C26H26O5. The summed E-state index contributed by atoms with van der Waals surface area (Å²) in [7, 11) is 0. The number of rotatable bonds is 4. The highest BCUT2D eigenvalue weighted by Gasteiger charge is 2.55. The summed E-state index contributed by atoms with van der Waals surface area (Å²) in [4.78, 5) is 13.6. The first kappa shape index (κ1) is 19.7. The quantitative estimate of drug-likeness (QED) is 0.693. The van der Waals surface area contributed by atoms with Crippen LogP contribution in [0.5, 0.6) is 23.0 Å². The van der Waals surface area contributed by atoms with Crippen LogP contribution in [0.1, 0.15) is 38.8 Å². The van der Waals surface area contributed by atoms with Gasteiger partial charge in [0.05, 0.1) is 13.2 Å². The first-order chi connectivity index (χ1) is 15.0. The van der Waals surface area contributed by atoms with Crippen molar-refractivity contribution in [3.8, 4) is 23.0 Å². The Balaban J connectivity index is 1.63. The molecule has 5 nitrogen and oxygen atoms in total. The Hall–Kier alpha value is -3.21. The van der Waals surface area contributed by atoms with E-state index in [1.807, 2.05) is 62.4 Å². The normalized spacial score (nSPS) is 22.4. The third kappa shape index (κ3) is 2.94. The number of para-hydroxylation sites is 2. The maximum absolute atomic E-state index is 13.6. The fraction of sp³-hybridized carbons (Fsp3) is 0.346. The van der Waals surface area contributed by atoms with Gasteiger partial charge >= 0.3 is 0 Å². The molecule has 0 unspecified atom stereocenters. The van der Waals surface area contributed by atoms with Gasteiger partial charge in [0.25, 0.3) is 0 Å². The number of hydrogen-bond acceptors (Lipinski definition) is 5. The van der Waals surface area contributed by atoms with Gasteiger partial charge in [-0.15, -0.1) is 0 Å². The minimum Gasteiger partial charge on any atom is -0.490 e. The van der Waals surface area contributed by atoms with Crippen molar-refractivity contribution in [2.24, 2.45) is 5.41 Å². The van der Waals surface area contributed by atoms with Crippen molar-refractivity contribution in [3.63, 3.8) is 0 Å². The molecule has 3 aliphatic rings. The minimum absolute atomic E-state index is 0.0331. The highest BCUT2D eigenvalue weighted by Crippen LogP contribution is 2.52. The van der Waals surface area contributed by atoms with Crippen LogP contribution in [0.3, 0.4) is 0 Å². The maximum Gasteiger partial charge on any atom is 0.192 e. The van der Waals surface area contributed by atoms with Crippen molar-refractivity contribution in [2.75, 3.05) is 13.2 Å². The molecule has 0 amide bonds. The third-order valence-electron chi connectivity index (χ3n) is 6.15. The Labute approximate surface area is 182 Å². The molecule has 5 rings (SSSR count). The van der Waals surface area contributed by atoms with Crippen molar-refractivity contribution in [3.05, 3.63) is 58.7 Å². The maximum atomic E-state index is 13.6. The topological polar surface area (TPSA) is 54.0 Å². The molecule has 2 heterocycles. The second-order valence-corrected chi connectivity index (χ2v) is 8.56. The van der Waals surface area contributed by atoms with Gasteiger partial charge in [0.1, 0.15) is 12.2 Å². The summed E-state index contributed by atoms with van der Waals surface area (Å²) in [6, 6.07) is 11.5. The zero-order valence-corrected chi connectivity index (χ0v) is 18.2. The number of ether oxygens (including phenoxy) is 4. The minimum atomic E-state index is -0.500. The summed E-state index contributed by atoms with van der Waals surface area (Å²) < 4.78 is 24.5. The monoisotopic (exact) mass is 418 g/mol. The van der Waals surface area contributed by atoms with Crippen molar-refractivity contribution in [2.45, 2.75) is 39.9 Å². The van der Waals surface area contributed by atoms with Gasteiger partial charge in [-0.2, -0.15) is 0 Å². The lowest BCUT2D eigenvalue weighted by Crippen LogP contribution is -2.56. The molecule has 0 saturated heterocycles. The molecule has 0 aromatic heterocycles. The van der Waals surface area contributed by atoms with Crippen molar-refractivity contribution in [1.82, 2.24) is 0 Å². The molecule has 1 fully saturated rings. The first-order valence-corrected chi connectivity index (χ1v) is 10.8. The number of carbonyl (C=O) groups is 1. The van der Waals surface area contributed by atoms with Gasteiger partial charge in [-0.1, -0.05) is 38.1 Å². The van der Waals surface area contributed by atoms with Gasteiger partial charge < -0.3 is 18.9 Å². The van der Waals surface area contributed by atoms with Gasteiger partial charge in [0.15, 0.2) is 28.8 Å². The smallest absolute Gasteiger partial charge is 0.192 e. The van der Waals surface area contributed by atoms with E-state index in [1.165, 1.54) is 0 Å². The first-order valence-electron chi connectivity index (χ1n) is 10.8. The van der Waals surface area contributed by atoms with E-state index in [0.717, 1.165) is 11.1 Å². The van der Waals surface area contributed by atoms with E-state index in [0.29, 0.717) is 47.4 Å². The standard InChI is InChI=1S/C26H26O5/c1-5-28-19-11-7-9-15-13-17-21(27)18-14-16-10-8-12-20(29-6-2)23(16)31-25(18)26(3,4)24(17)30-22(15)19/h7-14,24-25H,5-6H2,1-4H3/t24-,25+. The highest BCUT2D eigenvalue weighted by molar-refractivity contribution is 6.17. The lowest BCUT2D eigenvalue weighted by molar-refractivity contribution is -0.119. The third-order valence-corrected chi connectivity index (χ3v) is 6.15. The molecular weight excluding hydrogens is 392 g/mol. The second kappa shape index (κ2) is 7.19. The van der Waals surface area contributed by atoms with Crippen molar-refractivity contribution < 1.29 is 23.7 Å². The molecule has 1 aliphatic carbocycles. The van der Waals surface area contributed by atoms with Crippen LogP contribution in [0, 0.1) is 5.41 Å². The van der Waals surface area contributed by atoms with Crippen LogP contribution in [0.25, 0.3) is 12.2 Å². The molecule has 160 valence electrons. The molecule has 2 aliphatic heterocycles. The molecule has 0 bridgehead atoms. The van der Waals surface area contributed by atoms with Gasteiger partial charge in [-0.3, -0.25) is 4.79 Å². The van der Waals surface area contributed by atoms with E-state index in [9.17, 15) is 4.79 Å². The average Bonchev–Trinajstić information content (AvgIpc) is 2.77. The van der Waals surface area contributed by atoms with E-state index >= 15 is 0 Å². The van der Waals surface area contributed by atoms with Gasteiger partial charge in [0, 0.05) is 27.7 Å². The number of Topliss-reactive ketones (excluding diaryl/α,β-unsaturated/α-hetero) is 1. The number of fused-ring (bicyclic) bond motifs is 4. The fourth-order valence-electron chi connectivity index (χ4n) is 4.71. The van der Waals surface area contributed by atoms with Crippen LogP contribution in [0.4, 0.5) is 0 Å². The summed E-state index contributed by atoms with van der Waals surface area (Å²) in [5, 5.41) is 0. The van der Waals surface area contributed by atoms with Crippen LogP contribution in [0.2, 0.25) is 0 Å². The molecule has 0 spiro atoms. The largest absolute Gasteiger partial charge is 0.490 e. The average molecular weight is 418 g/mol. The Morgan fingerprint density at radius 1 is 0.806 bits per heavy atom. The van der Waals surface area contributed by atoms with E-state index < -0.39 is 17.6 Å². The summed E-state index contributed by atoms with van der Waals surface area (Å²) in [6.45, 7) is 9.13. The SMILES string of the molecule is CCOc1cccc2c1O[C@@H]1C(=C2)C(=O)C2=Cc3cccc(OCC)c3O[C@@H]2C1(C)C. The molecule has 5 heteroatoms. The predicted molar refractivity (Wildman–Crippen MR) is 119 cm³/mol. The number of ketones is 1. The number of benzene rings is 2. The highest BCUT2D eigenvalue weighted by atomic mass is 16.5. The fourth-order valence-corrected chi connectivity index (χ4v) is 4.71. The van der Waals surface area contributed by atoms with E-state index in [-0.39, 0.29) is 5.78 Å². The molecule has 2 aromatic carbocycles. The van der Waals surface area contributed by atoms with Crippen LogP contribution in [-0.2, 0) is 4.79 Å². The van der Waals surface area contributed by atoms with E-state index in [1.54, 1.807) is 0 Å². The summed E-state index contributed by atoms with van der Waals surface area (Å²) in [5.74, 6) is 2.70. The van der Waals surface area contributed by atoms with Crippen molar-refractivity contribution >= 4 is 17.9 Å². The second-order valence-electron chi connectivity index (χ2n) is 8.56. The Bertz CT molecular complexity index is 1040. The number of hydrogen-bond donors (Lipinski definition) is 0. The van der Waals surface area contributed by atoms with Crippen LogP contribution < -0.4 is 18.9 Å². The van der Waals surface area contributed by atoms with Gasteiger partial charge in [0.2, 0.25) is 0 Å². The molecule has 31 heavy (non-hydrogen) atoms. The van der Waals surface area contributed by atoms with Gasteiger partial charge in [-0.25, -0.2) is 0 Å². The lowest BCUT2D eigenvalue weighted by Gasteiger charge is -2.48. The summed E-state index contributed by atoms with van der Waals surface area (Å²) >= 11 is 0. The van der Waals surface area contributed by atoms with E-state index in [2.05, 4.69) is 13.8 Å². The zero-order valence-electron chi connectivity index (χ0n) is 18.2. The summed E-state index contributed by atoms with van der Waals surface area (Å²) in [5.41, 5.74) is 2.52. The van der Waals surface area contributed by atoms with Crippen molar-refractivity contribution in [1.29, 1.82) is 0 Å². The number of carbonyl (C=O) groups excluding carboxylic acids is 1. The predicted octanol–water partition coefficient (Wildman–Crippen LogP) is 5.08.